The summed E-state index contributed by atoms with van der Waals surface area (Å²) in [5, 5.41) is 0. The molecule has 0 aromatic heterocycles. The quantitative estimate of drug-likeness (QED) is 0.0346. The van der Waals surface area contributed by atoms with Gasteiger partial charge >= 0.3 is 11.9 Å². The first-order valence-corrected chi connectivity index (χ1v) is 27.8. The van der Waals surface area contributed by atoms with Crippen molar-refractivity contribution in [1.29, 1.82) is 0 Å². The van der Waals surface area contributed by atoms with Crippen LogP contribution in [0.3, 0.4) is 0 Å². The van der Waals surface area contributed by atoms with Crippen LogP contribution < -0.4 is 0 Å². The third-order valence-corrected chi connectivity index (χ3v) is 11.7. The maximum atomic E-state index is 12.6. The van der Waals surface area contributed by atoms with E-state index in [1.807, 2.05) is 6.08 Å². The van der Waals surface area contributed by atoms with E-state index in [9.17, 15) is 9.59 Å². The number of rotatable bonds is 50. The van der Waals surface area contributed by atoms with Gasteiger partial charge in [-0.3, -0.25) is 9.59 Å². The van der Waals surface area contributed by atoms with Crippen LogP contribution in [0, 0.1) is 0 Å². The molecule has 0 bridgehead atoms. The van der Waals surface area contributed by atoms with Crippen LogP contribution in [-0.2, 0) is 23.8 Å². The second kappa shape index (κ2) is 56.1. The molecule has 0 aliphatic heterocycles. The fourth-order valence-electron chi connectivity index (χ4n) is 7.48. The zero-order valence-corrected chi connectivity index (χ0v) is 43.4. The van der Waals surface area contributed by atoms with E-state index >= 15 is 0 Å². The first-order chi connectivity index (χ1) is 32.6. The fourth-order valence-corrected chi connectivity index (χ4v) is 7.48. The van der Waals surface area contributed by atoms with E-state index in [-0.39, 0.29) is 25.2 Å². The molecule has 0 aromatic rings. The van der Waals surface area contributed by atoms with Gasteiger partial charge in [-0.05, 0) is 89.9 Å². The van der Waals surface area contributed by atoms with Gasteiger partial charge in [-0.15, -0.1) is 0 Å². The number of hydrogen-bond acceptors (Lipinski definition) is 5. The van der Waals surface area contributed by atoms with Crippen molar-refractivity contribution < 1.29 is 23.8 Å². The highest BCUT2D eigenvalue weighted by Crippen LogP contribution is 2.15. The molecule has 0 spiro atoms. The van der Waals surface area contributed by atoms with Crippen molar-refractivity contribution in [3.8, 4) is 0 Å². The smallest absolute Gasteiger partial charge is 0.306 e. The lowest BCUT2D eigenvalue weighted by Crippen LogP contribution is -2.29. The molecule has 1 atom stereocenters. The van der Waals surface area contributed by atoms with E-state index in [4.69, 9.17) is 14.2 Å². The van der Waals surface area contributed by atoms with E-state index in [0.29, 0.717) is 25.9 Å². The van der Waals surface area contributed by atoms with Gasteiger partial charge in [-0.1, -0.05) is 246 Å². The second-order valence-electron chi connectivity index (χ2n) is 18.1. The molecule has 5 heteroatoms. The maximum Gasteiger partial charge on any atom is 0.306 e. The largest absolute Gasteiger partial charge is 0.463 e. The molecular weight excluding hydrogens is 813 g/mol. The summed E-state index contributed by atoms with van der Waals surface area (Å²) >= 11 is 0. The summed E-state index contributed by atoms with van der Waals surface area (Å²) in [5.74, 6) is -0.444. The number of carbonyl (C=O) groups is 2. The zero-order chi connectivity index (χ0) is 47.7. The van der Waals surface area contributed by atoms with Gasteiger partial charge in [0.25, 0.3) is 0 Å². The van der Waals surface area contributed by atoms with E-state index in [0.717, 1.165) is 83.5 Å². The minimum absolute atomic E-state index is 0.109. The van der Waals surface area contributed by atoms with Crippen LogP contribution in [0.1, 0.15) is 252 Å². The Morgan fingerprint density at radius 1 is 0.333 bits per heavy atom. The summed E-state index contributed by atoms with van der Waals surface area (Å²) in [6.45, 7) is 7.50. The Kier molecular flexibility index (Phi) is 53.4. The summed E-state index contributed by atoms with van der Waals surface area (Å²) in [5.41, 5.74) is 0. The van der Waals surface area contributed by atoms with Crippen molar-refractivity contribution >= 4 is 11.9 Å². The predicted octanol–water partition coefficient (Wildman–Crippen LogP) is 19.0. The molecule has 0 N–H and O–H groups in total. The second-order valence-corrected chi connectivity index (χ2v) is 18.1. The molecule has 0 saturated carbocycles. The van der Waals surface area contributed by atoms with Crippen LogP contribution in [0.25, 0.3) is 0 Å². The Morgan fingerprint density at radius 2 is 0.652 bits per heavy atom. The number of ether oxygens (including phenoxy) is 3. The van der Waals surface area contributed by atoms with E-state index in [2.05, 4.69) is 112 Å². The third kappa shape index (κ3) is 53.4. The van der Waals surface area contributed by atoms with E-state index in [1.54, 1.807) is 0 Å². The molecule has 0 saturated heterocycles. The van der Waals surface area contributed by atoms with Crippen LogP contribution in [0.5, 0.6) is 0 Å². The molecular formula is C61H104O5. The lowest BCUT2D eigenvalue weighted by Gasteiger charge is -2.18. The SMILES string of the molecule is CC/C=C\C/C=C\C/C=C\CCCCCCCC(=O)OC[C@H](COC(=O)CC/C=C\C/C=C\C/C=C\C/C=C\C/C=C\CCCCC)OCCCCCCCCCCCCCCCCCC. The van der Waals surface area contributed by atoms with Gasteiger partial charge < -0.3 is 14.2 Å². The zero-order valence-electron chi connectivity index (χ0n) is 43.4. The van der Waals surface area contributed by atoms with E-state index in [1.165, 1.54) is 128 Å². The molecule has 0 heterocycles. The number of esters is 2. The Morgan fingerprint density at radius 3 is 1.09 bits per heavy atom. The van der Waals surface area contributed by atoms with Crippen molar-refractivity contribution in [2.75, 3.05) is 19.8 Å². The summed E-state index contributed by atoms with van der Waals surface area (Å²) < 4.78 is 17.4. The van der Waals surface area contributed by atoms with Gasteiger partial charge in [-0.25, -0.2) is 0 Å². The topological polar surface area (TPSA) is 61.8 Å². The summed E-state index contributed by atoms with van der Waals surface area (Å²) in [6, 6.07) is 0. The summed E-state index contributed by atoms with van der Waals surface area (Å²) in [6.07, 6.45) is 76.0. The highest BCUT2D eigenvalue weighted by atomic mass is 16.6. The molecule has 0 radical (unpaired) electrons. The number of carbonyl (C=O) groups excluding carboxylic acids is 2. The standard InChI is InChI=1S/C61H104O5/c1-4-7-10-13-16-19-22-25-28-30-31-32-34-37-40-43-46-49-52-55-61(63)66-58-59(64-56-53-50-47-44-41-38-35-29-26-23-20-17-14-11-8-5-2)57-65-60(62)54-51-48-45-42-39-36-33-27-24-21-18-15-12-9-6-3/h9,12,16,18-19,21,25,27-28,31-33,37,40,46,49,59H,4-8,10-11,13-15,17,20,22-24,26,29-30,34-36,38-39,41-45,47-48,50-58H2,1-3H3/b12-9-,19-16-,21-18-,28-25-,32-31-,33-27-,40-37-,49-46-/t59-/m1/s1. The number of allylic oxidation sites excluding steroid dienone is 16. The predicted molar refractivity (Wildman–Crippen MR) is 288 cm³/mol. The number of unbranched alkanes of at least 4 members (excludes halogenated alkanes) is 23. The van der Waals surface area contributed by atoms with Crippen LogP contribution in [0.2, 0.25) is 0 Å². The first-order valence-electron chi connectivity index (χ1n) is 27.8. The molecule has 0 unspecified atom stereocenters. The molecule has 378 valence electrons. The highest BCUT2D eigenvalue weighted by molar-refractivity contribution is 5.70. The lowest BCUT2D eigenvalue weighted by molar-refractivity contribution is -0.155. The van der Waals surface area contributed by atoms with Crippen LogP contribution in [0.15, 0.2) is 97.2 Å². The van der Waals surface area contributed by atoms with Crippen LogP contribution >= 0.6 is 0 Å². The van der Waals surface area contributed by atoms with Gasteiger partial charge in [0.05, 0.1) is 0 Å². The molecule has 66 heavy (non-hydrogen) atoms. The summed E-state index contributed by atoms with van der Waals surface area (Å²) in [4.78, 5) is 25.2. The maximum absolute atomic E-state index is 12.6. The fraction of sp³-hybridized carbons (Fsp3) is 0.705. The average molecular weight is 917 g/mol. The van der Waals surface area contributed by atoms with Gasteiger partial charge in [0.15, 0.2) is 0 Å². The highest BCUT2D eigenvalue weighted by Gasteiger charge is 2.16. The van der Waals surface area contributed by atoms with Gasteiger partial charge in [0.2, 0.25) is 0 Å². The molecule has 0 aliphatic rings. The molecule has 0 aromatic carbocycles. The Labute approximate surface area is 409 Å². The van der Waals surface area contributed by atoms with Crippen molar-refractivity contribution in [2.24, 2.45) is 0 Å². The van der Waals surface area contributed by atoms with Crippen molar-refractivity contribution in [2.45, 2.75) is 258 Å². The molecule has 0 rings (SSSR count). The number of hydrogen-bond donors (Lipinski definition) is 0. The van der Waals surface area contributed by atoms with Gasteiger partial charge in [-0.2, -0.15) is 0 Å². The van der Waals surface area contributed by atoms with Crippen LogP contribution in [-0.4, -0.2) is 37.9 Å². The van der Waals surface area contributed by atoms with Crippen LogP contribution in [0.4, 0.5) is 0 Å². The Balaban J connectivity index is 4.40. The monoisotopic (exact) mass is 917 g/mol. The van der Waals surface area contributed by atoms with Crippen molar-refractivity contribution in [3.05, 3.63) is 97.2 Å². The molecule has 0 aliphatic carbocycles. The minimum atomic E-state index is -0.441. The first kappa shape index (κ1) is 62.8. The normalized spacial score (nSPS) is 13.0. The van der Waals surface area contributed by atoms with Gasteiger partial charge in [0.1, 0.15) is 19.3 Å². The minimum Gasteiger partial charge on any atom is -0.463 e. The Hall–Kier alpha value is -3.18. The summed E-state index contributed by atoms with van der Waals surface area (Å²) in [7, 11) is 0. The Bertz CT molecular complexity index is 1270. The van der Waals surface area contributed by atoms with Gasteiger partial charge in [0, 0.05) is 19.4 Å². The van der Waals surface area contributed by atoms with Crippen molar-refractivity contribution in [1.82, 2.24) is 0 Å². The molecule has 5 nitrogen and oxygen atoms in total. The van der Waals surface area contributed by atoms with E-state index < -0.39 is 6.10 Å². The molecule has 0 fully saturated rings. The average Bonchev–Trinajstić information content (AvgIpc) is 3.32. The van der Waals surface area contributed by atoms with Crippen molar-refractivity contribution in [3.63, 3.8) is 0 Å². The third-order valence-electron chi connectivity index (χ3n) is 11.7. The molecule has 0 amide bonds. The lowest BCUT2D eigenvalue weighted by atomic mass is 10.0.